The number of aryl methyl sites for hydroxylation is 2. The van der Waals surface area contributed by atoms with Gasteiger partial charge in [0.1, 0.15) is 0 Å². The highest BCUT2D eigenvalue weighted by atomic mass is 14.3. The lowest BCUT2D eigenvalue weighted by atomic mass is 9.77. The van der Waals surface area contributed by atoms with E-state index < -0.39 is 0 Å². The van der Waals surface area contributed by atoms with Crippen molar-refractivity contribution in [3.05, 3.63) is 59.7 Å². The third kappa shape index (κ3) is 9.60. The molecule has 2 aromatic rings. The van der Waals surface area contributed by atoms with Gasteiger partial charge in [0, 0.05) is 0 Å². The fourth-order valence-corrected chi connectivity index (χ4v) is 7.26. The van der Waals surface area contributed by atoms with Crippen molar-refractivity contribution < 1.29 is 0 Å². The van der Waals surface area contributed by atoms with Crippen LogP contribution in [0.15, 0.2) is 48.5 Å². The van der Waals surface area contributed by atoms with E-state index in [0.717, 1.165) is 23.7 Å². The average molecular weight is 501 g/mol. The van der Waals surface area contributed by atoms with Gasteiger partial charge in [0.05, 0.1) is 0 Å². The first-order valence-corrected chi connectivity index (χ1v) is 16.4. The quantitative estimate of drug-likeness (QED) is 0.226. The summed E-state index contributed by atoms with van der Waals surface area (Å²) in [6, 6.07) is 18.9. The second-order valence-electron chi connectivity index (χ2n) is 12.9. The molecule has 2 fully saturated rings. The Morgan fingerprint density at radius 2 is 0.784 bits per heavy atom. The standard InChI is InChI=1S/C37H56/c1-3-5-7-9-31-12-16-33(17-13-31)19-21-35-24-28-37(29-25-35)36-26-22-34(23-27-36)20-18-32-14-10-30(11-15-32)8-6-4-2/h22-33H,3-21H2,1-2H3. The van der Waals surface area contributed by atoms with Crippen LogP contribution >= 0.6 is 0 Å². The molecule has 0 heterocycles. The van der Waals surface area contributed by atoms with E-state index >= 15 is 0 Å². The summed E-state index contributed by atoms with van der Waals surface area (Å²) in [4.78, 5) is 0. The second-order valence-corrected chi connectivity index (χ2v) is 12.9. The summed E-state index contributed by atoms with van der Waals surface area (Å²) in [6.45, 7) is 4.65. The summed E-state index contributed by atoms with van der Waals surface area (Å²) < 4.78 is 0. The Bertz CT molecular complexity index is 844. The Morgan fingerprint density at radius 3 is 1.16 bits per heavy atom. The predicted octanol–water partition coefficient (Wildman–Crippen LogP) is 11.6. The van der Waals surface area contributed by atoms with E-state index in [4.69, 9.17) is 0 Å². The van der Waals surface area contributed by atoms with Gasteiger partial charge in [-0.25, -0.2) is 0 Å². The predicted molar refractivity (Wildman–Crippen MR) is 163 cm³/mol. The Hall–Kier alpha value is -1.56. The maximum atomic E-state index is 2.39. The molecular weight excluding hydrogens is 444 g/mol. The molecule has 0 unspecified atom stereocenters. The minimum Gasteiger partial charge on any atom is -0.0654 e. The van der Waals surface area contributed by atoms with Crippen LogP contribution in [0.4, 0.5) is 0 Å². The van der Waals surface area contributed by atoms with Gasteiger partial charge >= 0.3 is 0 Å². The van der Waals surface area contributed by atoms with E-state index in [0.29, 0.717) is 0 Å². The van der Waals surface area contributed by atoms with Crippen LogP contribution in [-0.4, -0.2) is 0 Å². The third-order valence-electron chi connectivity index (χ3n) is 10.0. The number of benzene rings is 2. The zero-order valence-electron chi connectivity index (χ0n) is 24.4. The zero-order valence-corrected chi connectivity index (χ0v) is 24.4. The largest absolute Gasteiger partial charge is 0.0654 e. The van der Waals surface area contributed by atoms with Gasteiger partial charge in [-0.15, -0.1) is 0 Å². The monoisotopic (exact) mass is 500 g/mol. The molecule has 0 N–H and O–H groups in total. The molecule has 0 nitrogen and oxygen atoms in total. The van der Waals surface area contributed by atoms with Gasteiger partial charge < -0.3 is 0 Å². The summed E-state index contributed by atoms with van der Waals surface area (Å²) in [5, 5.41) is 0. The van der Waals surface area contributed by atoms with E-state index in [1.54, 1.807) is 0 Å². The Labute approximate surface area is 230 Å². The number of rotatable bonds is 14. The molecule has 0 radical (unpaired) electrons. The van der Waals surface area contributed by atoms with Crippen molar-refractivity contribution in [1.29, 1.82) is 0 Å². The lowest BCUT2D eigenvalue weighted by Crippen LogP contribution is -2.15. The molecule has 2 aliphatic rings. The molecule has 0 amide bonds. The number of unbranched alkanes of at least 4 members (excludes halogenated alkanes) is 3. The topological polar surface area (TPSA) is 0 Å². The summed E-state index contributed by atoms with van der Waals surface area (Å²) in [7, 11) is 0. The molecule has 0 saturated heterocycles. The first-order chi connectivity index (χ1) is 18.2. The summed E-state index contributed by atoms with van der Waals surface area (Å²) >= 11 is 0. The fourth-order valence-electron chi connectivity index (χ4n) is 7.26. The molecule has 2 aliphatic carbocycles. The number of hydrogen-bond donors (Lipinski definition) is 0. The first kappa shape index (κ1) is 28.4. The Morgan fingerprint density at radius 1 is 0.432 bits per heavy atom. The van der Waals surface area contributed by atoms with E-state index in [2.05, 4.69) is 62.4 Å². The van der Waals surface area contributed by atoms with Crippen molar-refractivity contribution in [3.8, 4) is 11.1 Å². The molecule has 204 valence electrons. The van der Waals surface area contributed by atoms with E-state index in [9.17, 15) is 0 Å². The molecule has 37 heavy (non-hydrogen) atoms. The van der Waals surface area contributed by atoms with Crippen LogP contribution in [-0.2, 0) is 12.8 Å². The van der Waals surface area contributed by atoms with Crippen LogP contribution in [0.3, 0.4) is 0 Å². The van der Waals surface area contributed by atoms with Gasteiger partial charge in [-0.2, -0.15) is 0 Å². The normalized spacial score (nSPS) is 24.3. The molecule has 0 aromatic heterocycles. The van der Waals surface area contributed by atoms with E-state index in [1.807, 2.05) is 0 Å². The second kappa shape index (κ2) is 15.8. The highest BCUT2D eigenvalue weighted by Gasteiger charge is 2.21. The van der Waals surface area contributed by atoms with E-state index in [-0.39, 0.29) is 0 Å². The minimum atomic E-state index is 0.964. The maximum absolute atomic E-state index is 2.39. The smallest absolute Gasteiger partial charge is 0.0184 e. The highest BCUT2D eigenvalue weighted by molar-refractivity contribution is 5.64. The summed E-state index contributed by atoms with van der Waals surface area (Å²) in [5.74, 6) is 3.99. The van der Waals surface area contributed by atoms with Crippen molar-refractivity contribution in [3.63, 3.8) is 0 Å². The highest BCUT2D eigenvalue weighted by Crippen LogP contribution is 2.35. The Kier molecular flexibility index (Phi) is 12.1. The van der Waals surface area contributed by atoms with Crippen LogP contribution in [0.2, 0.25) is 0 Å². The van der Waals surface area contributed by atoms with Gasteiger partial charge in [-0.1, -0.05) is 159 Å². The molecule has 2 aromatic carbocycles. The molecule has 0 aliphatic heterocycles. The third-order valence-corrected chi connectivity index (χ3v) is 10.0. The summed E-state index contributed by atoms with van der Waals surface area (Å²) in [5.41, 5.74) is 5.78. The van der Waals surface area contributed by atoms with Gasteiger partial charge in [0.15, 0.2) is 0 Å². The fraction of sp³-hybridized carbons (Fsp3) is 0.676. The van der Waals surface area contributed by atoms with Crippen molar-refractivity contribution in [2.45, 2.75) is 136 Å². The minimum absolute atomic E-state index is 0.964. The molecule has 0 spiro atoms. The average Bonchev–Trinajstić information content (AvgIpc) is 2.96. The molecule has 0 heteroatoms. The van der Waals surface area contributed by atoms with Crippen LogP contribution in [0, 0.1) is 23.7 Å². The van der Waals surface area contributed by atoms with Gasteiger partial charge in [0.2, 0.25) is 0 Å². The molecule has 0 atom stereocenters. The maximum Gasteiger partial charge on any atom is -0.0184 e. The first-order valence-electron chi connectivity index (χ1n) is 16.4. The van der Waals surface area contributed by atoms with Crippen molar-refractivity contribution in [2.24, 2.45) is 23.7 Å². The van der Waals surface area contributed by atoms with Crippen LogP contribution < -0.4 is 0 Å². The van der Waals surface area contributed by atoms with E-state index in [1.165, 1.54) is 144 Å². The van der Waals surface area contributed by atoms with Crippen LogP contribution in [0.5, 0.6) is 0 Å². The van der Waals surface area contributed by atoms with Gasteiger partial charge in [0.25, 0.3) is 0 Å². The SMILES string of the molecule is CCCCCC1CCC(CCc2ccc(-c3ccc(CCC4CCC(CCCC)CC4)cc3)cc2)CC1. The van der Waals surface area contributed by atoms with Crippen molar-refractivity contribution in [1.82, 2.24) is 0 Å². The van der Waals surface area contributed by atoms with Crippen LogP contribution in [0.1, 0.15) is 134 Å². The number of hydrogen-bond acceptors (Lipinski definition) is 0. The molecular formula is C37H56. The van der Waals surface area contributed by atoms with Crippen molar-refractivity contribution >= 4 is 0 Å². The lowest BCUT2D eigenvalue weighted by molar-refractivity contribution is 0.249. The van der Waals surface area contributed by atoms with Gasteiger partial charge in [-0.05, 0) is 71.6 Å². The molecule has 4 rings (SSSR count). The Balaban J connectivity index is 1.15. The van der Waals surface area contributed by atoms with Crippen LogP contribution in [0.25, 0.3) is 11.1 Å². The molecule has 2 saturated carbocycles. The van der Waals surface area contributed by atoms with Crippen molar-refractivity contribution in [2.75, 3.05) is 0 Å². The molecule has 0 bridgehead atoms. The van der Waals surface area contributed by atoms with Gasteiger partial charge in [-0.3, -0.25) is 0 Å². The lowest BCUT2D eigenvalue weighted by Gasteiger charge is -2.28. The zero-order chi connectivity index (χ0) is 25.7. The summed E-state index contributed by atoms with van der Waals surface area (Å²) in [6.07, 6.45) is 27.1.